The van der Waals surface area contributed by atoms with Crippen molar-refractivity contribution < 1.29 is 0 Å². The van der Waals surface area contributed by atoms with E-state index in [1.54, 1.807) is 0 Å². The van der Waals surface area contributed by atoms with Crippen molar-refractivity contribution in [3.05, 3.63) is 24.0 Å². The molecular formula is C12H22N2. The minimum Gasteiger partial charge on any atom is -0.354 e. The molecule has 0 amide bonds. The van der Waals surface area contributed by atoms with E-state index in [0.717, 1.165) is 12.5 Å². The molecule has 0 radical (unpaired) electrons. The number of rotatable bonds is 5. The molecule has 1 heterocycles. The number of aromatic nitrogens is 1. The van der Waals surface area contributed by atoms with Gasteiger partial charge in [0.15, 0.2) is 0 Å². The molecule has 2 unspecified atom stereocenters. The summed E-state index contributed by atoms with van der Waals surface area (Å²) >= 11 is 0. The molecule has 0 saturated heterocycles. The van der Waals surface area contributed by atoms with E-state index in [9.17, 15) is 0 Å². The maximum Gasteiger partial charge on any atom is 0.0304 e. The summed E-state index contributed by atoms with van der Waals surface area (Å²) in [5.41, 5.74) is 1.37. The van der Waals surface area contributed by atoms with E-state index in [1.807, 2.05) is 7.05 Å². The topological polar surface area (TPSA) is 17.0 Å². The van der Waals surface area contributed by atoms with Crippen LogP contribution >= 0.6 is 0 Å². The van der Waals surface area contributed by atoms with E-state index in [1.165, 1.54) is 12.0 Å². The van der Waals surface area contributed by atoms with Crippen molar-refractivity contribution in [2.75, 3.05) is 7.05 Å². The molecule has 1 N–H and O–H groups in total. The van der Waals surface area contributed by atoms with Crippen molar-refractivity contribution in [2.24, 2.45) is 5.92 Å². The lowest BCUT2D eigenvalue weighted by atomic mass is 10.1. The Labute approximate surface area is 87.3 Å². The third-order valence-electron chi connectivity index (χ3n) is 2.93. The van der Waals surface area contributed by atoms with E-state index in [-0.39, 0.29) is 0 Å². The van der Waals surface area contributed by atoms with Gasteiger partial charge >= 0.3 is 0 Å². The third kappa shape index (κ3) is 2.88. The standard InChI is InChI=1S/C12H22N2/c1-5-10(2)8-14-7-6-12(9-14)11(3)13-4/h6-7,9-11,13H,5,8H2,1-4H3. The minimum atomic E-state index is 0.452. The Morgan fingerprint density at radius 3 is 2.71 bits per heavy atom. The van der Waals surface area contributed by atoms with Crippen LogP contribution in [0.2, 0.25) is 0 Å². The Bertz CT molecular complexity index is 265. The predicted octanol–water partition coefficient (Wildman–Crippen LogP) is 2.81. The van der Waals surface area contributed by atoms with Crippen molar-refractivity contribution in [3.63, 3.8) is 0 Å². The molecule has 0 aliphatic carbocycles. The average Bonchev–Trinajstić information content (AvgIpc) is 2.65. The lowest BCUT2D eigenvalue weighted by Crippen LogP contribution is -2.11. The number of hydrogen-bond donors (Lipinski definition) is 1. The van der Waals surface area contributed by atoms with Crippen LogP contribution < -0.4 is 5.32 Å². The molecule has 1 aromatic heterocycles. The Morgan fingerprint density at radius 2 is 2.14 bits per heavy atom. The SMILES string of the molecule is CCC(C)Cn1ccc(C(C)NC)c1. The molecule has 0 aliphatic rings. The summed E-state index contributed by atoms with van der Waals surface area (Å²) in [5.74, 6) is 0.764. The first kappa shape index (κ1) is 11.3. The lowest BCUT2D eigenvalue weighted by molar-refractivity contribution is 0.468. The van der Waals surface area contributed by atoms with Gasteiger partial charge in [0.1, 0.15) is 0 Å². The van der Waals surface area contributed by atoms with Crippen molar-refractivity contribution in [3.8, 4) is 0 Å². The summed E-state index contributed by atoms with van der Waals surface area (Å²) < 4.78 is 2.29. The van der Waals surface area contributed by atoms with Gasteiger partial charge in [-0.3, -0.25) is 0 Å². The fourth-order valence-electron chi connectivity index (χ4n) is 1.48. The van der Waals surface area contributed by atoms with Gasteiger partial charge in [-0.1, -0.05) is 20.3 Å². The van der Waals surface area contributed by atoms with Crippen molar-refractivity contribution >= 4 is 0 Å². The molecule has 0 bridgehead atoms. The van der Waals surface area contributed by atoms with Crippen molar-refractivity contribution in [1.82, 2.24) is 9.88 Å². The second-order valence-electron chi connectivity index (χ2n) is 4.17. The maximum absolute atomic E-state index is 3.25. The van der Waals surface area contributed by atoms with Crippen molar-refractivity contribution in [2.45, 2.75) is 39.8 Å². The highest BCUT2D eigenvalue weighted by Gasteiger charge is 2.05. The first-order valence-electron chi connectivity index (χ1n) is 5.50. The lowest BCUT2D eigenvalue weighted by Gasteiger charge is -2.10. The minimum absolute atomic E-state index is 0.452. The molecule has 2 atom stereocenters. The molecule has 1 aromatic rings. The molecule has 0 aliphatic heterocycles. The zero-order chi connectivity index (χ0) is 10.6. The van der Waals surface area contributed by atoms with Crippen LogP contribution in [-0.4, -0.2) is 11.6 Å². The number of nitrogens with zero attached hydrogens (tertiary/aromatic N) is 1. The second-order valence-corrected chi connectivity index (χ2v) is 4.17. The summed E-state index contributed by atoms with van der Waals surface area (Å²) in [6.45, 7) is 7.85. The molecule has 2 heteroatoms. The van der Waals surface area contributed by atoms with Gasteiger partial charge < -0.3 is 9.88 Å². The van der Waals surface area contributed by atoms with Gasteiger partial charge in [0.05, 0.1) is 0 Å². The van der Waals surface area contributed by atoms with E-state index >= 15 is 0 Å². The van der Waals surface area contributed by atoms with E-state index in [4.69, 9.17) is 0 Å². The maximum atomic E-state index is 3.25. The largest absolute Gasteiger partial charge is 0.354 e. The van der Waals surface area contributed by atoms with Crippen LogP contribution in [0.1, 0.15) is 38.8 Å². The highest BCUT2D eigenvalue weighted by atomic mass is 15.0. The zero-order valence-electron chi connectivity index (χ0n) is 9.75. The van der Waals surface area contributed by atoms with E-state index in [2.05, 4.69) is 49.1 Å². The highest BCUT2D eigenvalue weighted by Crippen LogP contribution is 2.13. The van der Waals surface area contributed by atoms with Crippen LogP contribution in [0, 0.1) is 5.92 Å². The molecule has 2 nitrogen and oxygen atoms in total. The zero-order valence-corrected chi connectivity index (χ0v) is 9.75. The van der Waals surface area contributed by atoms with Gasteiger partial charge in [0.25, 0.3) is 0 Å². The average molecular weight is 194 g/mol. The predicted molar refractivity (Wildman–Crippen MR) is 61.4 cm³/mol. The smallest absolute Gasteiger partial charge is 0.0304 e. The molecule has 80 valence electrons. The highest BCUT2D eigenvalue weighted by molar-refractivity contribution is 5.14. The third-order valence-corrected chi connectivity index (χ3v) is 2.93. The molecule has 0 saturated carbocycles. The van der Waals surface area contributed by atoms with Crippen LogP contribution in [0.5, 0.6) is 0 Å². The van der Waals surface area contributed by atoms with Gasteiger partial charge in [0.2, 0.25) is 0 Å². The van der Waals surface area contributed by atoms with Crippen molar-refractivity contribution in [1.29, 1.82) is 0 Å². The van der Waals surface area contributed by atoms with Gasteiger partial charge in [-0.25, -0.2) is 0 Å². The molecule has 14 heavy (non-hydrogen) atoms. The number of hydrogen-bond acceptors (Lipinski definition) is 1. The molecule has 0 aromatic carbocycles. The first-order chi connectivity index (χ1) is 6.67. The number of nitrogens with one attached hydrogen (secondary N) is 1. The monoisotopic (exact) mass is 194 g/mol. The Kier molecular flexibility index (Phi) is 4.21. The molecule has 0 fully saturated rings. The van der Waals surface area contributed by atoms with Crippen LogP contribution in [0.4, 0.5) is 0 Å². The van der Waals surface area contributed by atoms with E-state index < -0.39 is 0 Å². The second kappa shape index (κ2) is 5.20. The van der Waals surface area contributed by atoms with Gasteiger partial charge in [-0.05, 0) is 31.5 Å². The van der Waals surface area contributed by atoms with Crippen LogP contribution in [0.3, 0.4) is 0 Å². The summed E-state index contributed by atoms with van der Waals surface area (Å²) in [7, 11) is 2.00. The summed E-state index contributed by atoms with van der Waals surface area (Å²) in [6, 6.07) is 2.65. The Morgan fingerprint density at radius 1 is 1.43 bits per heavy atom. The Hall–Kier alpha value is -0.760. The normalized spacial score (nSPS) is 15.4. The quantitative estimate of drug-likeness (QED) is 0.762. The van der Waals surface area contributed by atoms with Crippen LogP contribution in [0.25, 0.3) is 0 Å². The molecule has 1 rings (SSSR count). The molecule has 0 spiro atoms. The van der Waals surface area contributed by atoms with Gasteiger partial charge in [-0.15, -0.1) is 0 Å². The fourth-order valence-corrected chi connectivity index (χ4v) is 1.48. The van der Waals surface area contributed by atoms with Gasteiger partial charge in [-0.2, -0.15) is 0 Å². The Balaban J connectivity index is 2.59. The summed E-state index contributed by atoms with van der Waals surface area (Å²) in [6.07, 6.45) is 5.66. The summed E-state index contributed by atoms with van der Waals surface area (Å²) in [4.78, 5) is 0. The van der Waals surface area contributed by atoms with E-state index in [0.29, 0.717) is 6.04 Å². The fraction of sp³-hybridized carbons (Fsp3) is 0.667. The first-order valence-corrected chi connectivity index (χ1v) is 5.50. The van der Waals surface area contributed by atoms with Gasteiger partial charge in [0, 0.05) is 25.0 Å². The van der Waals surface area contributed by atoms with Crippen LogP contribution in [0.15, 0.2) is 18.5 Å². The summed E-state index contributed by atoms with van der Waals surface area (Å²) in [5, 5.41) is 3.25. The van der Waals surface area contributed by atoms with Crippen LogP contribution in [-0.2, 0) is 6.54 Å². The molecular weight excluding hydrogens is 172 g/mol.